The van der Waals surface area contributed by atoms with Crippen LogP contribution in [0.3, 0.4) is 0 Å². The highest BCUT2D eigenvalue weighted by Gasteiger charge is 2.22. The maximum Gasteiger partial charge on any atom is 0.220 e. The van der Waals surface area contributed by atoms with Gasteiger partial charge in [-0.1, -0.05) is 18.2 Å². The van der Waals surface area contributed by atoms with Gasteiger partial charge in [-0.2, -0.15) is 0 Å². The Hall–Kier alpha value is -1.59. The molecule has 1 amide bonds. The van der Waals surface area contributed by atoms with Gasteiger partial charge in [-0.3, -0.25) is 9.59 Å². The molecule has 1 aliphatic heterocycles. The molecule has 1 atom stereocenters. The molecule has 0 fully saturated rings. The third-order valence-corrected chi connectivity index (χ3v) is 6.05. The van der Waals surface area contributed by atoms with E-state index < -0.39 is 0 Å². The molecule has 0 saturated heterocycles. The number of carbonyl (C=O) groups is 2. The van der Waals surface area contributed by atoms with Gasteiger partial charge in [0.2, 0.25) is 5.91 Å². The van der Waals surface area contributed by atoms with E-state index in [1.807, 2.05) is 43.0 Å². The van der Waals surface area contributed by atoms with E-state index in [4.69, 9.17) is 0 Å². The van der Waals surface area contributed by atoms with Crippen LogP contribution in [0.5, 0.6) is 0 Å². The molecule has 3 rings (SSSR count). The van der Waals surface area contributed by atoms with E-state index in [9.17, 15) is 9.59 Å². The van der Waals surface area contributed by atoms with Crippen LogP contribution in [0.25, 0.3) is 0 Å². The molecule has 0 bridgehead atoms. The number of fused-ring (bicyclic) bond motifs is 1. The molecule has 0 radical (unpaired) electrons. The van der Waals surface area contributed by atoms with Crippen LogP contribution < -0.4 is 5.32 Å². The normalized spacial score (nSPS) is 16.7. The second-order valence-electron chi connectivity index (χ2n) is 5.63. The summed E-state index contributed by atoms with van der Waals surface area (Å²) in [6.45, 7) is 1.98. The second kappa shape index (κ2) is 7.32. The molecule has 120 valence electrons. The SMILES string of the molecule is Cc1ccc(C(=O)CCC(=O)N[C@@H]2CCSc3ccccc32)s1. The first-order valence-corrected chi connectivity index (χ1v) is 9.54. The molecule has 0 unspecified atom stereocenters. The molecule has 0 spiro atoms. The molecular formula is C18H19NO2S2. The summed E-state index contributed by atoms with van der Waals surface area (Å²) in [4.78, 5) is 27.4. The summed E-state index contributed by atoms with van der Waals surface area (Å²) in [6.07, 6.45) is 1.46. The van der Waals surface area contributed by atoms with Gasteiger partial charge in [0.1, 0.15) is 0 Å². The van der Waals surface area contributed by atoms with Crippen molar-refractivity contribution in [2.75, 3.05) is 5.75 Å². The van der Waals surface area contributed by atoms with Gasteiger partial charge in [0.05, 0.1) is 10.9 Å². The topological polar surface area (TPSA) is 46.2 Å². The van der Waals surface area contributed by atoms with Crippen molar-refractivity contribution in [2.24, 2.45) is 0 Å². The van der Waals surface area contributed by atoms with E-state index in [1.54, 1.807) is 0 Å². The monoisotopic (exact) mass is 345 g/mol. The lowest BCUT2D eigenvalue weighted by atomic mass is 10.0. The zero-order chi connectivity index (χ0) is 16.2. The predicted octanol–water partition coefficient (Wildman–Crippen LogP) is 4.37. The van der Waals surface area contributed by atoms with Crippen molar-refractivity contribution >= 4 is 34.8 Å². The minimum atomic E-state index is -0.0432. The number of thiophene rings is 1. The van der Waals surface area contributed by atoms with Crippen molar-refractivity contribution in [1.82, 2.24) is 5.32 Å². The van der Waals surface area contributed by atoms with Crippen LogP contribution in [0, 0.1) is 6.92 Å². The molecular weight excluding hydrogens is 326 g/mol. The number of nitrogens with one attached hydrogen (secondary N) is 1. The Morgan fingerprint density at radius 3 is 2.78 bits per heavy atom. The van der Waals surface area contributed by atoms with E-state index in [0.717, 1.165) is 21.9 Å². The number of amides is 1. The molecule has 2 aromatic rings. The number of hydrogen-bond acceptors (Lipinski definition) is 4. The number of ketones is 1. The standard InChI is InChI=1S/C18H19NO2S2/c1-12-6-8-17(23-12)15(20)7-9-18(21)19-14-10-11-22-16-5-3-2-4-13(14)16/h2-6,8,14H,7,9-11H2,1H3,(H,19,21)/t14-/m1/s1. The lowest BCUT2D eigenvalue weighted by Crippen LogP contribution is -2.30. The van der Waals surface area contributed by atoms with Crippen LogP contribution in [0.15, 0.2) is 41.3 Å². The third kappa shape index (κ3) is 4.03. The van der Waals surface area contributed by atoms with Gasteiger partial charge >= 0.3 is 0 Å². The summed E-state index contributed by atoms with van der Waals surface area (Å²) in [6, 6.07) is 12.1. The largest absolute Gasteiger partial charge is 0.349 e. The molecule has 1 aromatic heterocycles. The maximum atomic E-state index is 12.2. The quantitative estimate of drug-likeness (QED) is 0.818. The fourth-order valence-corrected chi connectivity index (χ4v) is 4.65. The third-order valence-electron chi connectivity index (χ3n) is 3.89. The summed E-state index contributed by atoms with van der Waals surface area (Å²) in [7, 11) is 0. The number of Topliss-reactive ketones (excluding diaryl/α,β-unsaturated/α-hetero) is 1. The zero-order valence-electron chi connectivity index (χ0n) is 13.0. The maximum absolute atomic E-state index is 12.2. The summed E-state index contributed by atoms with van der Waals surface area (Å²) < 4.78 is 0. The first-order valence-electron chi connectivity index (χ1n) is 7.74. The van der Waals surface area contributed by atoms with Crippen molar-refractivity contribution in [3.63, 3.8) is 0 Å². The van der Waals surface area contributed by atoms with Gasteiger partial charge in [-0.25, -0.2) is 0 Å². The lowest BCUT2D eigenvalue weighted by molar-refractivity contribution is -0.121. The summed E-state index contributed by atoms with van der Waals surface area (Å²) in [5.74, 6) is 1.02. The molecule has 0 saturated carbocycles. The Labute approximate surface area is 144 Å². The molecule has 0 aliphatic carbocycles. The average Bonchev–Trinajstić information content (AvgIpc) is 2.99. The number of thioether (sulfide) groups is 1. The van der Waals surface area contributed by atoms with Crippen molar-refractivity contribution in [1.29, 1.82) is 0 Å². The van der Waals surface area contributed by atoms with Crippen molar-refractivity contribution in [3.05, 3.63) is 51.7 Å². The number of hydrogen-bond donors (Lipinski definition) is 1. The summed E-state index contributed by atoms with van der Waals surface area (Å²) in [5, 5.41) is 3.09. The predicted molar refractivity (Wildman–Crippen MR) is 95.3 cm³/mol. The second-order valence-corrected chi connectivity index (χ2v) is 8.05. The fraction of sp³-hybridized carbons (Fsp3) is 0.333. The van der Waals surface area contributed by atoms with Crippen LogP contribution in [0.2, 0.25) is 0 Å². The summed E-state index contributed by atoms with van der Waals surface area (Å²) >= 11 is 3.32. The highest BCUT2D eigenvalue weighted by molar-refractivity contribution is 7.99. The van der Waals surface area contributed by atoms with Gasteiger partial charge in [0.15, 0.2) is 5.78 Å². The van der Waals surface area contributed by atoms with Crippen LogP contribution >= 0.6 is 23.1 Å². The average molecular weight is 345 g/mol. The molecule has 5 heteroatoms. The lowest BCUT2D eigenvalue weighted by Gasteiger charge is -2.25. The van der Waals surface area contributed by atoms with Crippen molar-refractivity contribution in [2.45, 2.75) is 37.1 Å². The van der Waals surface area contributed by atoms with Crippen LogP contribution in [-0.4, -0.2) is 17.4 Å². The molecule has 1 aliphatic rings. The van der Waals surface area contributed by atoms with E-state index in [1.165, 1.54) is 21.8 Å². The van der Waals surface area contributed by atoms with Crippen LogP contribution in [0.4, 0.5) is 0 Å². The van der Waals surface area contributed by atoms with E-state index in [2.05, 4.69) is 17.4 Å². The molecule has 3 nitrogen and oxygen atoms in total. The number of benzene rings is 1. The van der Waals surface area contributed by atoms with Crippen molar-refractivity contribution in [3.8, 4) is 0 Å². The number of rotatable bonds is 5. The van der Waals surface area contributed by atoms with Gasteiger partial charge in [0.25, 0.3) is 0 Å². The van der Waals surface area contributed by atoms with Crippen LogP contribution in [-0.2, 0) is 4.79 Å². The van der Waals surface area contributed by atoms with Gasteiger partial charge in [-0.05, 0) is 37.1 Å². The smallest absolute Gasteiger partial charge is 0.220 e. The van der Waals surface area contributed by atoms with E-state index in [-0.39, 0.29) is 30.6 Å². The molecule has 1 N–H and O–H groups in total. The Morgan fingerprint density at radius 2 is 2.00 bits per heavy atom. The highest BCUT2D eigenvalue weighted by atomic mass is 32.2. The molecule has 2 heterocycles. The Kier molecular flexibility index (Phi) is 5.18. The first kappa shape index (κ1) is 16.3. The first-order chi connectivity index (χ1) is 11.1. The zero-order valence-corrected chi connectivity index (χ0v) is 14.6. The van der Waals surface area contributed by atoms with E-state index in [0.29, 0.717) is 0 Å². The van der Waals surface area contributed by atoms with Crippen LogP contribution in [0.1, 0.15) is 45.4 Å². The highest BCUT2D eigenvalue weighted by Crippen LogP contribution is 2.35. The Balaban J connectivity index is 1.55. The minimum absolute atomic E-state index is 0.0432. The number of aryl methyl sites for hydroxylation is 1. The molecule has 1 aromatic carbocycles. The van der Waals surface area contributed by atoms with E-state index >= 15 is 0 Å². The van der Waals surface area contributed by atoms with Crippen molar-refractivity contribution < 1.29 is 9.59 Å². The van der Waals surface area contributed by atoms with Gasteiger partial charge in [-0.15, -0.1) is 23.1 Å². The van der Waals surface area contributed by atoms with Gasteiger partial charge in [0, 0.05) is 28.4 Å². The van der Waals surface area contributed by atoms with Gasteiger partial charge < -0.3 is 5.32 Å². The Morgan fingerprint density at radius 1 is 1.17 bits per heavy atom. The Bertz CT molecular complexity index is 723. The fourth-order valence-electron chi connectivity index (χ4n) is 2.69. The summed E-state index contributed by atoms with van der Waals surface area (Å²) in [5.41, 5.74) is 1.19. The molecule has 23 heavy (non-hydrogen) atoms. The number of carbonyl (C=O) groups excluding carboxylic acids is 2. The minimum Gasteiger partial charge on any atom is -0.349 e.